The second-order valence-electron chi connectivity index (χ2n) is 6.83. The lowest BCUT2D eigenvalue weighted by atomic mass is 9.71. The largest absolute Gasteiger partial charge is 0.271 e. The van der Waals surface area contributed by atoms with Crippen molar-refractivity contribution >= 4 is 15.9 Å². The molecule has 1 aliphatic rings. The summed E-state index contributed by atoms with van der Waals surface area (Å²) in [5.74, 6) is 6.34. The molecule has 0 aliphatic heterocycles. The molecule has 0 bridgehead atoms. The first-order valence-electron chi connectivity index (χ1n) is 7.87. The molecule has 4 heteroatoms. The Morgan fingerprint density at radius 3 is 2.52 bits per heavy atom. The zero-order chi connectivity index (χ0) is 15.5. The lowest BCUT2D eigenvalue weighted by molar-refractivity contribution is 0.153. The highest BCUT2D eigenvalue weighted by molar-refractivity contribution is 9.10. The molecule has 0 heterocycles. The van der Waals surface area contributed by atoms with Crippen LogP contribution in [0.3, 0.4) is 0 Å². The molecule has 118 valence electrons. The maximum absolute atomic E-state index is 14.1. The molecule has 2 rings (SSSR count). The minimum absolute atomic E-state index is 0.137. The molecule has 1 aliphatic carbocycles. The molecule has 1 aromatic rings. The fourth-order valence-corrected chi connectivity index (χ4v) is 4.28. The van der Waals surface area contributed by atoms with E-state index in [2.05, 4.69) is 35.2 Å². The molecule has 0 saturated heterocycles. The first kappa shape index (κ1) is 16.9. The number of nitrogens with one attached hydrogen (secondary N) is 1. The SMILES string of the molecule is CC(C)CC1(C(Cc2ccc(Br)cc2F)NN)CCCC1. The highest BCUT2D eigenvalue weighted by Crippen LogP contribution is 2.46. The predicted octanol–water partition coefficient (Wildman–Crippen LogP) is 4.57. The van der Waals surface area contributed by atoms with Gasteiger partial charge in [0.15, 0.2) is 0 Å². The van der Waals surface area contributed by atoms with Crippen LogP contribution in [0.15, 0.2) is 22.7 Å². The van der Waals surface area contributed by atoms with Gasteiger partial charge in [0.1, 0.15) is 5.82 Å². The molecular weight excluding hydrogens is 331 g/mol. The van der Waals surface area contributed by atoms with E-state index in [1.54, 1.807) is 0 Å². The van der Waals surface area contributed by atoms with Crippen LogP contribution in [-0.4, -0.2) is 6.04 Å². The van der Waals surface area contributed by atoms with Gasteiger partial charge in [-0.25, -0.2) is 4.39 Å². The highest BCUT2D eigenvalue weighted by atomic mass is 79.9. The van der Waals surface area contributed by atoms with E-state index in [4.69, 9.17) is 5.84 Å². The van der Waals surface area contributed by atoms with E-state index in [0.717, 1.165) is 16.5 Å². The second-order valence-corrected chi connectivity index (χ2v) is 7.74. The summed E-state index contributed by atoms with van der Waals surface area (Å²) in [4.78, 5) is 0. The van der Waals surface area contributed by atoms with Crippen molar-refractivity contribution in [3.05, 3.63) is 34.1 Å². The maximum atomic E-state index is 14.1. The summed E-state index contributed by atoms with van der Waals surface area (Å²) in [6, 6.07) is 5.43. The normalized spacial score (nSPS) is 19.1. The van der Waals surface area contributed by atoms with E-state index in [1.165, 1.54) is 31.7 Å². The minimum Gasteiger partial charge on any atom is -0.271 e. The number of nitrogens with two attached hydrogens (primary N) is 1. The first-order chi connectivity index (χ1) is 9.97. The van der Waals surface area contributed by atoms with Gasteiger partial charge in [-0.2, -0.15) is 0 Å². The summed E-state index contributed by atoms with van der Waals surface area (Å²) < 4.78 is 14.9. The van der Waals surface area contributed by atoms with Gasteiger partial charge in [-0.15, -0.1) is 0 Å². The van der Waals surface area contributed by atoms with Gasteiger partial charge in [0.05, 0.1) is 0 Å². The average molecular weight is 357 g/mol. The molecule has 0 aromatic heterocycles. The average Bonchev–Trinajstić information content (AvgIpc) is 2.86. The van der Waals surface area contributed by atoms with Crippen molar-refractivity contribution in [1.29, 1.82) is 0 Å². The molecule has 21 heavy (non-hydrogen) atoms. The molecule has 1 unspecified atom stereocenters. The summed E-state index contributed by atoms with van der Waals surface area (Å²) in [5.41, 5.74) is 3.96. The van der Waals surface area contributed by atoms with Gasteiger partial charge in [0, 0.05) is 10.5 Å². The Labute approximate surface area is 135 Å². The van der Waals surface area contributed by atoms with Crippen LogP contribution < -0.4 is 11.3 Å². The molecule has 0 radical (unpaired) electrons. The molecule has 1 aromatic carbocycles. The lowest BCUT2D eigenvalue weighted by Crippen LogP contribution is -2.49. The van der Waals surface area contributed by atoms with Gasteiger partial charge in [-0.3, -0.25) is 11.3 Å². The summed E-state index contributed by atoms with van der Waals surface area (Å²) in [5, 5.41) is 0. The van der Waals surface area contributed by atoms with Crippen molar-refractivity contribution < 1.29 is 4.39 Å². The van der Waals surface area contributed by atoms with E-state index < -0.39 is 0 Å². The molecule has 1 fully saturated rings. The van der Waals surface area contributed by atoms with Crippen LogP contribution in [0.4, 0.5) is 4.39 Å². The van der Waals surface area contributed by atoms with Gasteiger partial charge in [-0.05, 0) is 54.7 Å². The fraction of sp³-hybridized carbons (Fsp3) is 0.647. The van der Waals surface area contributed by atoms with E-state index in [-0.39, 0.29) is 17.3 Å². The van der Waals surface area contributed by atoms with E-state index in [0.29, 0.717) is 12.3 Å². The van der Waals surface area contributed by atoms with Crippen LogP contribution in [0.25, 0.3) is 0 Å². The van der Waals surface area contributed by atoms with Gasteiger partial charge in [-0.1, -0.05) is 48.7 Å². The van der Waals surface area contributed by atoms with Crippen molar-refractivity contribution in [3.63, 3.8) is 0 Å². The smallest absolute Gasteiger partial charge is 0.127 e. The lowest BCUT2D eigenvalue weighted by Gasteiger charge is -2.39. The Kier molecular flexibility index (Phi) is 5.81. The fourth-order valence-electron chi connectivity index (χ4n) is 3.95. The van der Waals surface area contributed by atoms with Gasteiger partial charge in [0.25, 0.3) is 0 Å². The predicted molar refractivity (Wildman–Crippen MR) is 89.3 cm³/mol. The monoisotopic (exact) mass is 356 g/mol. The first-order valence-corrected chi connectivity index (χ1v) is 8.66. The Balaban J connectivity index is 2.20. The summed E-state index contributed by atoms with van der Waals surface area (Å²) in [6.07, 6.45) is 6.71. The van der Waals surface area contributed by atoms with Crippen LogP contribution in [0.1, 0.15) is 51.5 Å². The number of hydrazine groups is 1. The molecular formula is C17H26BrFN2. The molecule has 1 saturated carbocycles. The van der Waals surface area contributed by atoms with Crippen molar-refractivity contribution in [2.24, 2.45) is 17.2 Å². The van der Waals surface area contributed by atoms with Crippen LogP contribution in [-0.2, 0) is 6.42 Å². The third kappa shape index (κ3) is 4.05. The third-order valence-corrected chi connectivity index (χ3v) is 5.29. The topological polar surface area (TPSA) is 38.0 Å². The summed E-state index contributed by atoms with van der Waals surface area (Å²) in [7, 11) is 0. The molecule has 2 nitrogen and oxygen atoms in total. The Bertz CT molecular complexity index is 470. The van der Waals surface area contributed by atoms with Gasteiger partial charge >= 0.3 is 0 Å². The van der Waals surface area contributed by atoms with E-state index >= 15 is 0 Å². The number of halogens is 2. The van der Waals surface area contributed by atoms with Crippen LogP contribution in [0, 0.1) is 17.2 Å². The van der Waals surface area contributed by atoms with Gasteiger partial charge < -0.3 is 0 Å². The number of benzene rings is 1. The standard InChI is InChI=1S/C17H26BrFN2/c1-12(2)11-17(7-3-4-8-17)16(21-20)9-13-5-6-14(18)10-15(13)19/h5-6,10,12,16,21H,3-4,7-9,11,20H2,1-2H3. The minimum atomic E-state index is -0.151. The molecule has 0 amide bonds. The number of hydrogen-bond donors (Lipinski definition) is 2. The van der Waals surface area contributed by atoms with Crippen LogP contribution >= 0.6 is 15.9 Å². The third-order valence-electron chi connectivity index (χ3n) is 4.79. The van der Waals surface area contributed by atoms with Gasteiger partial charge in [0.2, 0.25) is 0 Å². The zero-order valence-corrected chi connectivity index (χ0v) is 14.5. The zero-order valence-electron chi connectivity index (χ0n) is 13.0. The van der Waals surface area contributed by atoms with E-state index in [9.17, 15) is 4.39 Å². The van der Waals surface area contributed by atoms with Crippen molar-refractivity contribution in [2.75, 3.05) is 0 Å². The molecule has 0 spiro atoms. The number of rotatable bonds is 6. The Morgan fingerprint density at radius 2 is 2.00 bits per heavy atom. The van der Waals surface area contributed by atoms with Crippen molar-refractivity contribution in [1.82, 2.24) is 5.43 Å². The maximum Gasteiger partial charge on any atom is 0.127 e. The second kappa shape index (κ2) is 7.21. The Morgan fingerprint density at radius 1 is 1.33 bits per heavy atom. The summed E-state index contributed by atoms with van der Waals surface area (Å²) in [6.45, 7) is 4.52. The molecule has 1 atom stereocenters. The van der Waals surface area contributed by atoms with Crippen molar-refractivity contribution in [2.45, 2.75) is 58.4 Å². The quantitative estimate of drug-likeness (QED) is 0.578. The van der Waals surface area contributed by atoms with E-state index in [1.807, 2.05) is 12.1 Å². The van der Waals surface area contributed by atoms with Crippen LogP contribution in [0.2, 0.25) is 0 Å². The number of hydrogen-bond acceptors (Lipinski definition) is 2. The Hall–Kier alpha value is -0.450. The highest BCUT2D eigenvalue weighted by Gasteiger charge is 2.41. The summed E-state index contributed by atoms with van der Waals surface area (Å²) >= 11 is 3.31. The van der Waals surface area contributed by atoms with Crippen LogP contribution in [0.5, 0.6) is 0 Å². The van der Waals surface area contributed by atoms with Crippen molar-refractivity contribution in [3.8, 4) is 0 Å². The molecule has 3 N–H and O–H groups in total.